The van der Waals surface area contributed by atoms with Gasteiger partial charge in [0.25, 0.3) is 0 Å². The molecular weight excluding hydrogens is 220 g/mol. The number of aliphatic hydroxyl groups excluding tert-OH is 1. The number of hydrogen-bond donors (Lipinski definition) is 1. The zero-order valence-electron chi connectivity index (χ0n) is 9.23. The second kappa shape index (κ2) is 4.49. The molecule has 3 rings (SSSR count). The third-order valence-corrected chi connectivity index (χ3v) is 3.00. The zero-order valence-corrected chi connectivity index (χ0v) is 9.23. The summed E-state index contributed by atoms with van der Waals surface area (Å²) < 4.78 is 16.7. The Balaban J connectivity index is 1.77. The molecule has 1 aromatic carbocycles. The summed E-state index contributed by atoms with van der Waals surface area (Å²) >= 11 is 0. The molecule has 4 nitrogen and oxygen atoms in total. The molecule has 0 aromatic heterocycles. The Morgan fingerprint density at radius 3 is 2.82 bits per heavy atom. The van der Waals surface area contributed by atoms with Gasteiger partial charge in [-0.15, -0.1) is 0 Å². The van der Waals surface area contributed by atoms with Crippen LogP contribution in [0.2, 0.25) is 0 Å². The highest BCUT2D eigenvalue weighted by molar-refractivity contribution is 5.16. The molecule has 1 N–H and O–H groups in total. The second-order valence-electron chi connectivity index (χ2n) is 4.17. The highest BCUT2D eigenvalue weighted by atomic mass is 16.7. The fourth-order valence-corrected chi connectivity index (χ4v) is 2.09. The first-order valence-corrected chi connectivity index (χ1v) is 5.67. The maximum absolute atomic E-state index is 9.82. The smallest absolute Gasteiger partial charge is 0.184 e. The molecule has 0 spiro atoms. The molecule has 2 aliphatic rings. The van der Waals surface area contributed by atoms with Crippen LogP contribution >= 0.6 is 0 Å². The standard InChI is InChI=1S/C13H14O4/c14-10-6-7-15-11-8-16-13(17-12(10)11)9-4-2-1-3-5-9/h1-7,10-14H,8H2. The van der Waals surface area contributed by atoms with Crippen molar-refractivity contribution in [3.63, 3.8) is 0 Å². The Labute approximate surface area is 99.4 Å². The summed E-state index contributed by atoms with van der Waals surface area (Å²) in [5.41, 5.74) is 0.952. The molecule has 2 heterocycles. The predicted octanol–water partition coefficient (Wildman–Crippen LogP) is 1.37. The topological polar surface area (TPSA) is 47.9 Å². The van der Waals surface area contributed by atoms with Crippen molar-refractivity contribution in [1.82, 2.24) is 0 Å². The van der Waals surface area contributed by atoms with Crippen LogP contribution in [0.15, 0.2) is 42.7 Å². The van der Waals surface area contributed by atoms with Gasteiger partial charge in [-0.3, -0.25) is 0 Å². The molecule has 17 heavy (non-hydrogen) atoms. The molecule has 1 aromatic rings. The summed E-state index contributed by atoms with van der Waals surface area (Å²) in [6.45, 7) is 0.422. The molecule has 4 heteroatoms. The molecule has 2 aliphatic heterocycles. The number of ether oxygens (including phenoxy) is 3. The van der Waals surface area contributed by atoms with Gasteiger partial charge in [-0.2, -0.15) is 0 Å². The molecule has 1 fully saturated rings. The molecule has 4 atom stereocenters. The van der Waals surface area contributed by atoms with E-state index in [9.17, 15) is 5.11 Å². The number of fused-ring (bicyclic) bond motifs is 1. The van der Waals surface area contributed by atoms with E-state index in [2.05, 4.69) is 0 Å². The maximum atomic E-state index is 9.82. The minimum atomic E-state index is -0.635. The molecular formula is C13H14O4. The summed E-state index contributed by atoms with van der Waals surface area (Å²) in [5.74, 6) is 0. The van der Waals surface area contributed by atoms with Crippen molar-refractivity contribution in [2.45, 2.75) is 24.6 Å². The predicted molar refractivity (Wildman–Crippen MR) is 60.0 cm³/mol. The van der Waals surface area contributed by atoms with Crippen LogP contribution in [0.5, 0.6) is 0 Å². The Kier molecular flexibility index (Phi) is 2.84. The fraction of sp³-hybridized carbons (Fsp3) is 0.385. The second-order valence-corrected chi connectivity index (χ2v) is 4.17. The normalized spacial score (nSPS) is 36.1. The van der Waals surface area contributed by atoms with Crippen molar-refractivity contribution in [2.75, 3.05) is 6.61 Å². The minimum absolute atomic E-state index is 0.227. The highest BCUT2D eigenvalue weighted by Gasteiger charge is 2.39. The lowest BCUT2D eigenvalue weighted by Crippen LogP contribution is -2.49. The Morgan fingerprint density at radius 2 is 2.00 bits per heavy atom. The first kappa shape index (κ1) is 10.8. The molecule has 1 saturated heterocycles. The lowest BCUT2D eigenvalue weighted by atomic mass is 10.0. The Bertz CT molecular complexity index is 403. The molecule has 0 radical (unpaired) electrons. The van der Waals surface area contributed by atoms with Gasteiger partial charge in [0.1, 0.15) is 12.2 Å². The van der Waals surface area contributed by atoms with Crippen LogP contribution in [0.3, 0.4) is 0 Å². The summed E-state index contributed by atoms with van der Waals surface area (Å²) in [6, 6.07) is 9.69. The van der Waals surface area contributed by atoms with Crippen molar-refractivity contribution < 1.29 is 19.3 Å². The van der Waals surface area contributed by atoms with E-state index in [4.69, 9.17) is 14.2 Å². The van der Waals surface area contributed by atoms with Gasteiger partial charge in [-0.25, -0.2) is 0 Å². The average Bonchev–Trinajstić information content (AvgIpc) is 2.40. The first-order chi connectivity index (χ1) is 8.34. The number of rotatable bonds is 1. The van der Waals surface area contributed by atoms with Crippen molar-refractivity contribution in [3.8, 4) is 0 Å². The molecule has 0 aliphatic carbocycles. The van der Waals surface area contributed by atoms with E-state index >= 15 is 0 Å². The van der Waals surface area contributed by atoms with Crippen molar-refractivity contribution >= 4 is 0 Å². The average molecular weight is 234 g/mol. The van der Waals surface area contributed by atoms with E-state index in [0.717, 1.165) is 5.56 Å². The summed E-state index contributed by atoms with van der Waals surface area (Å²) in [5, 5.41) is 9.82. The van der Waals surface area contributed by atoms with Crippen LogP contribution in [-0.4, -0.2) is 30.0 Å². The lowest BCUT2D eigenvalue weighted by Gasteiger charge is -2.39. The number of benzene rings is 1. The zero-order chi connectivity index (χ0) is 11.7. The van der Waals surface area contributed by atoms with E-state index in [1.165, 1.54) is 6.26 Å². The number of hydrogen-bond acceptors (Lipinski definition) is 4. The van der Waals surface area contributed by atoms with Gasteiger partial charge < -0.3 is 19.3 Å². The summed E-state index contributed by atoms with van der Waals surface area (Å²) in [7, 11) is 0. The largest absolute Gasteiger partial charge is 0.493 e. The molecule has 4 unspecified atom stereocenters. The fourth-order valence-electron chi connectivity index (χ4n) is 2.09. The summed E-state index contributed by atoms with van der Waals surface area (Å²) in [6.07, 6.45) is 1.44. The summed E-state index contributed by atoms with van der Waals surface area (Å²) in [4.78, 5) is 0. The van der Waals surface area contributed by atoms with Gasteiger partial charge in [-0.1, -0.05) is 30.3 Å². The van der Waals surface area contributed by atoms with Crippen LogP contribution in [0.1, 0.15) is 11.9 Å². The lowest BCUT2D eigenvalue weighted by molar-refractivity contribution is -0.276. The maximum Gasteiger partial charge on any atom is 0.184 e. The van der Waals surface area contributed by atoms with Crippen LogP contribution in [0.25, 0.3) is 0 Å². The third kappa shape index (κ3) is 2.07. The van der Waals surface area contributed by atoms with Gasteiger partial charge in [0.2, 0.25) is 0 Å². The number of aliphatic hydroxyl groups is 1. The van der Waals surface area contributed by atoms with Crippen molar-refractivity contribution in [3.05, 3.63) is 48.2 Å². The minimum Gasteiger partial charge on any atom is -0.493 e. The van der Waals surface area contributed by atoms with E-state index in [-0.39, 0.29) is 12.2 Å². The molecule has 90 valence electrons. The monoisotopic (exact) mass is 234 g/mol. The third-order valence-electron chi connectivity index (χ3n) is 3.00. The van der Waals surface area contributed by atoms with Crippen molar-refractivity contribution in [2.24, 2.45) is 0 Å². The molecule has 0 amide bonds. The highest BCUT2D eigenvalue weighted by Crippen LogP contribution is 2.30. The van der Waals surface area contributed by atoms with Crippen LogP contribution in [0.4, 0.5) is 0 Å². The quantitative estimate of drug-likeness (QED) is 0.797. The van der Waals surface area contributed by atoms with Crippen LogP contribution < -0.4 is 0 Å². The van der Waals surface area contributed by atoms with E-state index < -0.39 is 12.4 Å². The first-order valence-electron chi connectivity index (χ1n) is 5.67. The Hall–Kier alpha value is -1.36. The Morgan fingerprint density at radius 1 is 1.18 bits per heavy atom. The van der Waals surface area contributed by atoms with Gasteiger partial charge in [0.15, 0.2) is 12.4 Å². The van der Waals surface area contributed by atoms with Gasteiger partial charge in [-0.05, 0) is 6.08 Å². The van der Waals surface area contributed by atoms with E-state index in [0.29, 0.717) is 6.61 Å². The van der Waals surface area contributed by atoms with Crippen LogP contribution in [0, 0.1) is 0 Å². The SMILES string of the molecule is OC1C=COC2COC(c3ccccc3)OC12. The van der Waals surface area contributed by atoms with Gasteiger partial charge >= 0.3 is 0 Å². The van der Waals surface area contributed by atoms with Gasteiger partial charge in [0, 0.05) is 5.56 Å². The van der Waals surface area contributed by atoms with E-state index in [1.54, 1.807) is 6.08 Å². The van der Waals surface area contributed by atoms with Gasteiger partial charge in [0.05, 0.1) is 12.9 Å². The molecule has 0 bridgehead atoms. The van der Waals surface area contributed by atoms with Crippen LogP contribution in [-0.2, 0) is 14.2 Å². The van der Waals surface area contributed by atoms with Crippen molar-refractivity contribution in [1.29, 1.82) is 0 Å². The molecule has 0 saturated carbocycles. The van der Waals surface area contributed by atoms with E-state index in [1.807, 2.05) is 30.3 Å².